The molecule has 0 spiro atoms. The van der Waals surface area contributed by atoms with Crippen molar-refractivity contribution in [1.82, 2.24) is 9.55 Å². The second kappa shape index (κ2) is 6.64. The van der Waals surface area contributed by atoms with Crippen molar-refractivity contribution in [1.29, 1.82) is 0 Å². The summed E-state index contributed by atoms with van der Waals surface area (Å²) < 4.78 is 6.45. The Morgan fingerprint density at radius 3 is 2.74 bits per heavy atom. The number of aromatic nitrogens is 2. The molecule has 0 fully saturated rings. The zero-order valence-electron chi connectivity index (χ0n) is 13.0. The van der Waals surface area contributed by atoms with Crippen molar-refractivity contribution in [3.05, 3.63) is 52.2 Å². The third-order valence-corrected chi connectivity index (χ3v) is 4.00. The summed E-state index contributed by atoms with van der Waals surface area (Å²) in [5, 5.41) is 2.77. The van der Waals surface area contributed by atoms with Gasteiger partial charge in [0.1, 0.15) is 12.3 Å². The van der Waals surface area contributed by atoms with E-state index in [0.29, 0.717) is 5.69 Å². The van der Waals surface area contributed by atoms with E-state index in [1.807, 2.05) is 0 Å². The summed E-state index contributed by atoms with van der Waals surface area (Å²) in [5.74, 6) is 0.466. The van der Waals surface area contributed by atoms with Gasteiger partial charge in [0.25, 0.3) is 5.56 Å². The van der Waals surface area contributed by atoms with Gasteiger partial charge in [-0.1, -0.05) is 0 Å². The number of anilines is 1. The molecule has 2 aromatic rings. The second-order valence-corrected chi connectivity index (χ2v) is 5.59. The third-order valence-electron chi connectivity index (χ3n) is 4.00. The van der Waals surface area contributed by atoms with Gasteiger partial charge in [0, 0.05) is 11.3 Å². The number of benzene rings is 1. The lowest BCUT2D eigenvalue weighted by Gasteiger charge is -2.15. The smallest absolute Gasteiger partial charge is 0.257 e. The molecule has 0 saturated heterocycles. The Morgan fingerprint density at radius 2 is 2.00 bits per heavy atom. The number of carbonyl (C=O) groups is 1. The molecule has 0 saturated carbocycles. The summed E-state index contributed by atoms with van der Waals surface area (Å²) in [7, 11) is 1.59. The number of nitrogens with zero attached hydrogens (tertiary/aromatic N) is 2. The highest BCUT2D eigenvalue weighted by atomic mass is 16.5. The van der Waals surface area contributed by atoms with Crippen LogP contribution in [0.1, 0.15) is 24.1 Å². The van der Waals surface area contributed by atoms with Crippen LogP contribution >= 0.6 is 0 Å². The van der Waals surface area contributed by atoms with Gasteiger partial charge in [-0.2, -0.15) is 0 Å². The second-order valence-electron chi connectivity index (χ2n) is 5.59. The first-order valence-electron chi connectivity index (χ1n) is 7.68. The molecule has 0 radical (unpaired) electrons. The largest absolute Gasteiger partial charge is 0.497 e. The Kier molecular flexibility index (Phi) is 4.41. The molecule has 0 aliphatic heterocycles. The first-order chi connectivity index (χ1) is 11.2. The number of fused-ring (bicyclic) bond motifs is 1. The molecule has 6 nitrogen and oxygen atoms in total. The molecular weight excluding hydrogens is 294 g/mol. The Bertz CT molecular complexity index is 766. The Balaban J connectivity index is 1.71. The van der Waals surface area contributed by atoms with Crippen LogP contribution in [0.3, 0.4) is 0 Å². The molecular formula is C17H19N3O3. The number of aryl methyl sites for hydroxylation is 1. The van der Waals surface area contributed by atoms with Crippen LogP contribution in [0.2, 0.25) is 0 Å². The normalized spacial score (nSPS) is 13.3. The van der Waals surface area contributed by atoms with Crippen LogP contribution < -0.4 is 15.6 Å². The number of ether oxygens (including phenoxy) is 1. The van der Waals surface area contributed by atoms with E-state index in [9.17, 15) is 9.59 Å². The highest BCUT2D eigenvalue weighted by molar-refractivity contribution is 5.90. The summed E-state index contributed by atoms with van der Waals surface area (Å²) in [5.41, 5.74) is 2.21. The predicted molar refractivity (Wildman–Crippen MR) is 86.8 cm³/mol. The number of rotatable bonds is 4. The van der Waals surface area contributed by atoms with Crippen molar-refractivity contribution >= 4 is 11.6 Å². The zero-order valence-corrected chi connectivity index (χ0v) is 13.0. The molecule has 6 heteroatoms. The first kappa shape index (κ1) is 15.3. The molecule has 0 bridgehead atoms. The maximum atomic E-state index is 12.4. The average molecular weight is 313 g/mol. The molecule has 1 amide bonds. The maximum Gasteiger partial charge on any atom is 0.257 e. The van der Waals surface area contributed by atoms with Crippen LogP contribution in [-0.2, 0) is 24.2 Å². The van der Waals surface area contributed by atoms with Crippen LogP contribution in [0.15, 0.2) is 35.4 Å². The molecule has 1 aromatic carbocycles. The molecule has 1 aromatic heterocycles. The van der Waals surface area contributed by atoms with E-state index in [0.717, 1.165) is 42.7 Å². The molecule has 23 heavy (non-hydrogen) atoms. The van der Waals surface area contributed by atoms with E-state index in [4.69, 9.17) is 4.74 Å². The number of methoxy groups -OCH3 is 1. The maximum absolute atomic E-state index is 12.4. The lowest BCUT2D eigenvalue weighted by atomic mass is 9.97. The van der Waals surface area contributed by atoms with Gasteiger partial charge in [-0.05, 0) is 49.9 Å². The summed E-state index contributed by atoms with van der Waals surface area (Å²) in [6.45, 7) is -0.0366. The van der Waals surface area contributed by atoms with E-state index in [1.54, 1.807) is 31.4 Å². The van der Waals surface area contributed by atoms with E-state index in [1.165, 1.54) is 10.9 Å². The van der Waals surface area contributed by atoms with Crippen LogP contribution in [0.5, 0.6) is 5.75 Å². The minimum Gasteiger partial charge on any atom is -0.497 e. The van der Waals surface area contributed by atoms with E-state index < -0.39 is 0 Å². The molecule has 3 rings (SSSR count). The number of amides is 1. The zero-order chi connectivity index (χ0) is 16.2. The Labute approximate surface area is 134 Å². The summed E-state index contributed by atoms with van der Waals surface area (Å²) in [6.07, 6.45) is 5.15. The SMILES string of the molecule is COc1ccc(NC(=O)Cn2cnc3c(c2=O)CCCC3)cc1. The number of carbonyl (C=O) groups excluding carboxylic acids is 1. The highest BCUT2D eigenvalue weighted by Gasteiger charge is 2.16. The van der Waals surface area contributed by atoms with Crippen LogP contribution in [0, 0.1) is 0 Å². The lowest BCUT2D eigenvalue weighted by molar-refractivity contribution is -0.116. The lowest BCUT2D eigenvalue weighted by Crippen LogP contribution is -2.32. The van der Waals surface area contributed by atoms with Gasteiger partial charge in [-0.15, -0.1) is 0 Å². The van der Waals surface area contributed by atoms with Crippen molar-refractivity contribution in [3.8, 4) is 5.75 Å². The standard InChI is InChI=1S/C17H19N3O3/c1-23-13-8-6-12(7-9-13)19-16(21)10-20-11-18-15-5-3-2-4-14(15)17(20)22/h6-9,11H,2-5,10H2,1H3,(H,19,21). The molecule has 0 unspecified atom stereocenters. The quantitative estimate of drug-likeness (QED) is 0.933. The van der Waals surface area contributed by atoms with E-state index >= 15 is 0 Å². The minimum atomic E-state index is -0.255. The van der Waals surface area contributed by atoms with Crippen molar-refractivity contribution in [2.45, 2.75) is 32.2 Å². The minimum absolute atomic E-state index is 0.0366. The number of hydrogen-bond donors (Lipinski definition) is 1. The van der Waals surface area contributed by atoms with Crippen LogP contribution in [0.4, 0.5) is 5.69 Å². The number of hydrogen-bond acceptors (Lipinski definition) is 4. The molecule has 0 atom stereocenters. The molecule has 1 heterocycles. The highest BCUT2D eigenvalue weighted by Crippen LogP contribution is 2.16. The van der Waals surface area contributed by atoms with Gasteiger partial charge < -0.3 is 10.1 Å². The molecule has 120 valence electrons. The van der Waals surface area contributed by atoms with Crippen molar-refractivity contribution in [3.63, 3.8) is 0 Å². The van der Waals surface area contributed by atoms with Gasteiger partial charge in [0.15, 0.2) is 0 Å². The Morgan fingerprint density at radius 1 is 1.26 bits per heavy atom. The van der Waals surface area contributed by atoms with Gasteiger partial charge in [0.2, 0.25) is 5.91 Å². The topological polar surface area (TPSA) is 73.2 Å². The fourth-order valence-electron chi connectivity index (χ4n) is 2.77. The third kappa shape index (κ3) is 3.41. The molecule has 1 aliphatic rings. The van der Waals surface area contributed by atoms with E-state index in [2.05, 4.69) is 10.3 Å². The monoisotopic (exact) mass is 313 g/mol. The van der Waals surface area contributed by atoms with Gasteiger partial charge in [-0.25, -0.2) is 4.98 Å². The fraction of sp³-hybridized carbons (Fsp3) is 0.353. The Hall–Kier alpha value is -2.63. The molecule has 1 aliphatic carbocycles. The average Bonchev–Trinajstić information content (AvgIpc) is 2.58. The predicted octanol–water partition coefficient (Wildman–Crippen LogP) is 1.77. The van der Waals surface area contributed by atoms with E-state index in [-0.39, 0.29) is 18.0 Å². The van der Waals surface area contributed by atoms with Crippen LogP contribution in [-0.4, -0.2) is 22.6 Å². The van der Waals surface area contributed by atoms with Crippen LogP contribution in [0.25, 0.3) is 0 Å². The summed E-state index contributed by atoms with van der Waals surface area (Å²) in [6, 6.07) is 7.04. The van der Waals surface area contributed by atoms with Crippen molar-refractivity contribution in [2.75, 3.05) is 12.4 Å². The van der Waals surface area contributed by atoms with Gasteiger partial charge in [-0.3, -0.25) is 14.2 Å². The summed E-state index contributed by atoms with van der Waals surface area (Å²) in [4.78, 5) is 28.9. The first-order valence-corrected chi connectivity index (χ1v) is 7.68. The molecule has 1 N–H and O–H groups in total. The summed E-state index contributed by atoms with van der Waals surface area (Å²) >= 11 is 0. The number of nitrogens with one attached hydrogen (secondary N) is 1. The van der Waals surface area contributed by atoms with Crippen molar-refractivity contribution in [2.24, 2.45) is 0 Å². The van der Waals surface area contributed by atoms with Gasteiger partial charge >= 0.3 is 0 Å². The van der Waals surface area contributed by atoms with Gasteiger partial charge in [0.05, 0.1) is 19.1 Å². The van der Waals surface area contributed by atoms with Crippen molar-refractivity contribution < 1.29 is 9.53 Å². The fourth-order valence-corrected chi connectivity index (χ4v) is 2.77.